The van der Waals surface area contributed by atoms with Gasteiger partial charge < -0.3 is 16.4 Å². The monoisotopic (exact) mass is 244 g/mol. The van der Waals surface area contributed by atoms with E-state index in [-0.39, 0.29) is 0 Å². The van der Waals surface area contributed by atoms with Crippen LogP contribution in [0.3, 0.4) is 0 Å². The van der Waals surface area contributed by atoms with E-state index in [1.807, 2.05) is 36.4 Å². The van der Waals surface area contributed by atoms with Gasteiger partial charge in [-0.05, 0) is 36.5 Å². The predicted molar refractivity (Wildman–Crippen MR) is 74.9 cm³/mol. The third-order valence-electron chi connectivity index (χ3n) is 2.04. The van der Waals surface area contributed by atoms with Crippen LogP contribution in [0, 0.1) is 0 Å². The molecule has 86 valence electrons. The number of pyridine rings is 1. The molecule has 0 unspecified atom stereocenters. The minimum atomic E-state index is 0.456. The second-order valence-corrected chi connectivity index (χ2v) is 3.80. The molecular formula is C12H12N4S. The normalized spacial score (nSPS) is 9.65. The Morgan fingerprint density at radius 1 is 1.00 bits per heavy atom. The van der Waals surface area contributed by atoms with Crippen molar-refractivity contribution in [3.63, 3.8) is 0 Å². The van der Waals surface area contributed by atoms with Crippen molar-refractivity contribution in [2.45, 2.75) is 0 Å². The maximum absolute atomic E-state index is 5.57. The molecule has 0 atom stereocenters. The number of hydrogen-bond acceptors (Lipinski definition) is 3. The summed E-state index contributed by atoms with van der Waals surface area (Å²) in [6.45, 7) is 0. The highest BCUT2D eigenvalue weighted by Crippen LogP contribution is 2.08. The van der Waals surface area contributed by atoms with Crippen LogP contribution < -0.4 is 16.4 Å². The molecule has 1 aromatic heterocycles. The fourth-order valence-corrected chi connectivity index (χ4v) is 1.54. The van der Waals surface area contributed by atoms with Crippen LogP contribution in [-0.4, -0.2) is 10.1 Å². The summed E-state index contributed by atoms with van der Waals surface area (Å²) in [7, 11) is 0. The summed E-state index contributed by atoms with van der Waals surface area (Å²) in [5.41, 5.74) is 6.50. The SMILES string of the molecule is Nc1cccc(NC(=S)Nc2ccccc2)n1. The lowest BCUT2D eigenvalue weighted by Crippen LogP contribution is -2.19. The lowest BCUT2D eigenvalue weighted by Gasteiger charge is -2.09. The summed E-state index contributed by atoms with van der Waals surface area (Å²) in [5.74, 6) is 1.08. The number of hydrogen-bond donors (Lipinski definition) is 3. The second-order valence-electron chi connectivity index (χ2n) is 3.39. The molecule has 17 heavy (non-hydrogen) atoms. The molecule has 1 heterocycles. The third-order valence-corrected chi connectivity index (χ3v) is 2.25. The van der Waals surface area contributed by atoms with Crippen LogP contribution in [0.2, 0.25) is 0 Å². The van der Waals surface area contributed by atoms with Gasteiger partial charge in [0.05, 0.1) is 0 Å². The number of anilines is 3. The Bertz CT molecular complexity index is 513. The van der Waals surface area contributed by atoms with E-state index in [1.54, 1.807) is 12.1 Å². The molecule has 4 N–H and O–H groups in total. The lowest BCUT2D eigenvalue weighted by atomic mass is 10.3. The number of benzene rings is 1. The average Bonchev–Trinajstić information content (AvgIpc) is 2.30. The van der Waals surface area contributed by atoms with Crippen LogP contribution in [0.15, 0.2) is 48.5 Å². The van der Waals surface area contributed by atoms with Crippen LogP contribution in [0.25, 0.3) is 0 Å². The van der Waals surface area contributed by atoms with Gasteiger partial charge >= 0.3 is 0 Å². The Morgan fingerprint density at radius 3 is 2.47 bits per heavy atom. The number of thiocarbonyl (C=S) groups is 1. The maximum Gasteiger partial charge on any atom is 0.176 e. The van der Waals surface area contributed by atoms with Gasteiger partial charge in [0.25, 0.3) is 0 Å². The smallest absolute Gasteiger partial charge is 0.176 e. The van der Waals surface area contributed by atoms with E-state index in [0.29, 0.717) is 16.7 Å². The first-order valence-corrected chi connectivity index (χ1v) is 5.50. The third kappa shape index (κ3) is 3.42. The molecule has 0 spiro atoms. The zero-order valence-electron chi connectivity index (χ0n) is 9.05. The average molecular weight is 244 g/mol. The minimum absolute atomic E-state index is 0.456. The van der Waals surface area contributed by atoms with Gasteiger partial charge in [-0.25, -0.2) is 4.98 Å². The molecule has 0 saturated heterocycles. The molecule has 1 aromatic carbocycles. The molecule has 0 aliphatic carbocycles. The summed E-state index contributed by atoms with van der Waals surface area (Å²) in [6.07, 6.45) is 0. The standard InChI is InChI=1S/C12H12N4S/c13-10-7-4-8-11(15-10)16-12(17)14-9-5-2-1-3-6-9/h1-8H,(H4,13,14,15,16,17). The topological polar surface area (TPSA) is 63.0 Å². The molecule has 0 amide bonds. The fourth-order valence-electron chi connectivity index (χ4n) is 1.32. The highest BCUT2D eigenvalue weighted by molar-refractivity contribution is 7.80. The Balaban J connectivity index is 1.98. The first kappa shape index (κ1) is 11.3. The van der Waals surface area contributed by atoms with Gasteiger partial charge in [0, 0.05) is 5.69 Å². The summed E-state index contributed by atoms with van der Waals surface area (Å²) >= 11 is 5.16. The van der Waals surface area contributed by atoms with Crippen LogP contribution in [0.4, 0.5) is 17.3 Å². The zero-order chi connectivity index (χ0) is 12.1. The fraction of sp³-hybridized carbons (Fsp3) is 0. The molecule has 0 fully saturated rings. The molecule has 0 aliphatic heterocycles. The van der Waals surface area contributed by atoms with Crippen molar-refractivity contribution >= 4 is 34.7 Å². The van der Waals surface area contributed by atoms with Gasteiger partial charge in [0.1, 0.15) is 11.6 Å². The number of nitrogen functional groups attached to an aromatic ring is 1. The van der Waals surface area contributed by atoms with Gasteiger partial charge in [-0.1, -0.05) is 24.3 Å². The molecule has 0 saturated carbocycles. The largest absolute Gasteiger partial charge is 0.384 e. The summed E-state index contributed by atoms with van der Waals surface area (Å²) in [6, 6.07) is 15.0. The van der Waals surface area contributed by atoms with Crippen LogP contribution in [0.5, 0.6) is 0 Å². The van der Waals surface area contributed by atoms with Gasteiger partial charge in [-0.2, -0.15) is 0 Å². The number of nitrogens with one attached hydrogen (secondary N) is 2. The van der Waals surface area contributed by atoms with Crippen molar-refractivity contribution < 1.29 is 0 Å². The molecule has 4 nitrogen and oxygen atoms in total. The van der Waals surface area contributed by atoms with E-state index in [4.69, 9.17) is 18.0 Å². The summed E-state index contributed by atoms with van der Waals surface area (Å²) < 4.78 is 0. The number of nitrogens with zero attached hydrogens (tertiary/aromatic N) is 1. The van der Waals surface area contributed by atoms with E-state index in [0.717, 1.165) is 5.69 Å². The Labute approximate surface area is 105 Å². The molecule has 0 aliphatic rings. The molecule has 0 radical (unpaired) electrons. The number of para-hydroxylation sites is 1. The molecule has 2 aromatic rings. The number of rotatable bonds is 2. The molecule has 2 rings (SSSR count). The van der Waals surface area contributed by atoms with E-state index in [9.17, 15) is 0 Å². The van der Waals surface area contributed by atoms with Crippen molar-refractivity contribution in [1.29, 1.82) is 0 Å². The molecule has 5 heteroatoms. The second kappa shape index (κ2) is 5.27. The van der Waals surface area contributed by atoms with Crippen molar-refractivity contribution in [2.75, 3.05) is 16.4 Å². The highest BCUT2D eigenvalue weighted by atomic mass is 32.1. The summed E-state index contributed by atoms with van der Waals surface area (Å²) in [5, 5.41) is 6.49. The van der Waals surface area contributed by atoms with Gasteiger partial charge in [0.2, 0.25) is 0 Å². The first-order valence-electron chi connectivity index (χ1n) is 5.09. The van der Waals surface area contributed by atoms with E-state index < -0.39 is 0 Å². The Morgan fingerprint density at radius 2 is 1.76 bits per heavy atom. The van der Waals surface area contributed by atoms with Crippen molar-refractivity contribution in [2.24, 2.45) is 0 Å². The maximum atomic E-state index is 5.57. The van der Waals surface area contributed by atoms with Gasteiger partial charge in [0.15, 0.2) is 5.11 Å². The molecule has 0 bridgehead atoms. The summed E-state index contributed by atoms with van der Waals surface area (Å²) in [4.78, 5) is 4.09. The highest BCUT2D eigenvalue weighted by Gasteiger charge is 1.99. The number of nitrogens with two attached hydrogens (primary N) is 1. The predicted octanol–water partition coefficient (Wildman–Crippen LogP) is 2.47. The molecular weight excluding hydrogens is 232 g/mol. The van der Waals surface area contributed by atoms with Crippen LogP contribution in [-0.2, 0) is 0 Å². The Kier molecular flexibility index (Phi) is 3.52. The minimum Gasteiger partial charge on any atom is -0.384 e. The van der Waals surface area contributed by atoms with Crippen molar-refractivity contribution in [3.8, 4) is 0 Å². The van der Waals surface area contributed by atoms with Crippen molar-refractivity contribution in [3.05, 3.63) is 48.5 Å². The van der Waals surface area contributed by atoms with E-state index >= 15 is 0 Å². The lowest BCUT2D eigenvalue weighted by molar-refractivity contribution is 1.33. The zero-order valence-corrected chi connectivity index (χ0v) is 9.87. The number of aromatic nitrogens is 1. The first-order chi connectivity index (χ1) is 8.24. The van der Waals surface area contributed by atoms with E-state index in [1.165, 1.54) is 0 Å². The van der Waals surface area contributed by atoms with E-state index in [2.05, 4.69) is 15.6 Å². The van der Waals surface area contributed by atoms with Crippen LogP contribution in [0.1, 0.15) is 0 Å². The van der Waals surface area contributed by atoms with Gasteiger partial charge in [-0.3, -0.25) is 0 Å². The quantitative estimate of drug-likeness (QED) is 0.708. The van der Waals surface area contributed by atoms with Crippen LogP contribution >= 0.6 is 12.2 Å². The van der Waals surface area contributed by atoms with Crippen molar-refractivity contribution in [1.82, 2.24) is 4.98 Å². The van der Waals surface area contributed by atoms with Gasteiger partial charge in [-0.15, -0.1) is 0 Å². The Hall–Kier alpha value is -2.14.